The van der Waals surface area contributed by atoms with Crippen LogP contribution < -0.4 is 0 Å². The van der Waals surface area contributed by atoms with Crippen molar-refractivity contribution in [2.24, 2.45) is 0 Å². The molecular weight excluding hydrogens is 393 g/mol. The molecule has 0 bridgehead atoms. The van der Waals surface area contributed by atoms with Gasteiger partial charge in [-0.3, -0.25) is 9.88 Å². The summed E-state index contributed by atoms with van der Waals surface area (Å²) in [4.78, 5) is 15.2. The number of pyridine rings is 1. The molecule has 1 aliphatic heterocycles. The molecule has 1 saturated heterocycles. The number of rotatable bonds is 3. The number of alkyl halides is 3. The summed E-state index contributed by atoms with van der Waals surface area (Å²) < 4.78 is 41.3. The maximum atomic E-state index is 13.5. The molecule has 9 heteroatoms. The second-order valence-corrected chi connectivity index (χ2v) is 7.61. The summed E-state index contributed by atoms with van der Waals surface area (Å²) in [5.41, 5.74) is 1.47. The Morgan fingerprint density at radius 1 is 1.07 bits per heavy atom. The standard InChI is InChI=1S/C21H19F3N6/c22-21(23,24)19-10-18(28-20-25-13-26-30(19)20)15-5-3-9-29(11-15)12-16-8-7-14-4-1-2-6-17(14)27-16/h1-2,4,6-8,10,13,15H,3,5,9,11-12H2. The first-order valence-corrected chi connectivity index (χ1v) is 9.82. The van der Waals surface area contributed by atoms with Gasteiger partial charge in [-0.15, -0.1) is 0 Å². The predicted molar refractivity (Wildman–Crippen MR) is 105 cm³/mol. The maximum Gasteiger partial charge on any atom is 0.433 e. The van der Waals surface area contributed by atoms with Gasteiger partial charge in [-0.2, -0.15) is 27.8 Å². The average Bonchev–Trinajstić information content (AvgIpc) is 3.21. The molecule has 154 valence electrons. The van der Waals surface area contributed by atoms with Gasteiger partial charge in [-0.1, -0.05) is 24.3 Å². The van der Waals surface area contributed by atoms with Crippen molar-refractivity contribution in [1.29, 1.82) is 0 Å². The highest BCUT2D eigenvalue weighted by Crippen LogP contribution is 2.33. The lowest BCUT2D eigenvalue weighted by atomic mass is 9.94. The number of fused-ring (bicyclic) bond motifs is 2. The Balaban J connectivity index is 1.40. The van der Waals surface area contributed by atoms with Crippen LogP contribution in [0.25, 0.3) is 16.7 Å². The summed E-state index contributed by atoms with van der Waals surface area (Å²) in [7, 11) is 0. The Bertz CT molecular complexity index is 1200. The van der Waals surface area contributed by atoms with Crippen LogP contribution in [-0.4, -0.2) is 42.6 Å². The fraction of sp³-hybridized carbons (Fsp3) is 0.333. The van der Waals surface area contributed by atoms with Crippen LogP contribution in [0.3, 0.4) is 0 Å². The van der Waals surface area contributed by atoms with Gasteiger partial charge in [-0.05, 0) is 37.6 Å². The van der Waals surface area contributed by atoms with E-state index in [4.69, 9.17) is 4.98 Å². The van der Waals surface area contributed by atoms with Gasteiger partial charge in [0.05, 0.1) is 16.9 Å². The van der Waals surface area contributed by atoms with E-state index in [1.807, 2.05) is 30.3 Å². The Morgan fingerprint density at radius 2 is 1.93 bits per heavy atom. The van der Waals surface area contributed by atoms with Crippen molar-refractivity contribution in [1.82, 2.24) is 29.5 Å². The van der Waals surface area contributed by atoms with Crippen LogP contribution in [0.1, 0.15) is 35.8 Å². The summed E-state index contributed by atoms with van der Waals surface area (Å²) in [5.74, 6) is -0.116. The van der Waals surface area contributed by atoms with Crippen molar-refractivity contribution in [3.63, 3.8) is 0 Å². The molecular formula is C21H19F3N6. The van der Waals surface area contributed by atoms with Crippen molar-refractivity contribution < 1.29 is 13.2 Å². The highest BCUT2D eigenvalue weighted by atomic mass is 19.4. The number of halogens is 3. The quantitative estimate of drug-likeness (QED) is 0.508. The molecule has 0 radical (unpaired) electrons. The van der Waals surface area contributed by atoms with Crippen LogP contribution in [-0.2, 0) is 12.7 Å². The van der Waals surface area contributed by atoms with E-state index in [0.29, 0.717) is 18.8 Å². The van der Waals surface area contributed by atoms with Crippen LogP contribution in [0.4, 0.5) is 13.2 Å². The van der Waals surface area contributed by atoms with E-state index in [1.54, 1.807) is 0 Å². The molecule has 6 nitrogen and oxygen atoms in total. The smallest absolute Gasteiger partial charge is 0.297 e. The third-order valence-corrected chi connectivity index (χ3v) is 5.53. The summed E-state index contributed by atoms with van der Waals surface area (Å²) in [6.45, 7) is 2.16. The van der Waals surface area contributed by atoms with Gasteiger partial charge < -0.3 is 0 Å². The van der Waals surface area contributed by atoms with E-state index in [0.717, 1.165) is 52.9 Å². The third-order valence-electron chi connectivity index (χ3n) is 5.53. The zero-order chi connectivity index (χ0) is 20.7. The summed E-state index contributed by atoms with van der Waals surface area (Å²) in [6, 6.07) is 13.1. The second kappa shape index (κ2) is 7.32. The van der Waals surface area contributed by atoms with Gasteiger partial charge >= 0.3 is 6.18 Å². The van der Waals surface area contributed by atoms with E-state index >= 15 is 0 Å². The number of aromatic nitrogens is 5. The fourth-order valence-corrected chi connectivity index (χ4v) is 4.11. The minimum atomic E-state index is -4.52. The van der Waals surface area contributed by atoms with Gasteiger partial charge in [0, 0.05) is 24.4 Å². The summed E-state index contributed by atoms with van der Waals surface area (Å²) in [5, 5.41) is 4.76. The van der Waals surface area contributed by atoms with Crippen LogP contribution in [0.5, 0.6) is 0 Å². The van der Waals surface area contributed by atoms with Crippen LogP contribution >= 0.6 is 0 Å². The molecule has 30 heavy (non-hydrogen) atoms. The molecule has 1 unspecified atom stereocenters. The molecule has 1 aromatic carbocycles. The molecule has 1 aliphatic rings. The van der Waals surface area contributed by atoms with E-state index in [1.165, 1.54) is 0 Å². The fourth-order valence-electron chi connectivity index (χ4n) is 4.11. The zero-order valence-electron chi connectivity index (χ0n) is 16.0. The normalized spacial score (nSPS) is 18.3. The molecule has 1 atom stereocenters. The Morgan fingerprint density at radius 3 is 2.80 bits per heavy atom. The Kier molecular flexibility index (Phi) is 4.62. The van der Waals surface area contributed by atoms with Crippen molar-refractivity contribution >= 4 is 16.7 Å². The molecule has 4 heterocycles. The summed E-state index contributed by atoms with van der Waals surface area (Å²) in [6.07, 6.45) is -1.75. The molecule has 3 aromatic heterocycles. The lowest BCUT2D eigenvalue weighted by molar-refractivity contribution is -0.142. The van der Waals surface area contributed by atoms with Gasteiger partial charge in [0.1, 0.15) is 6.33 Å². The van der Waals surface area contributed by atoms with Crippen LogP contribution in [0.2, 0.25) is 0 Å². The third kappa shape index (κ3) is 3.60. The molecule has 0 aliphatic carbocycles. The first-order chi connectivity index (χ1) is 14.5. The number of para-hydroxylation sites is 1. The number of nitrogens with zero attached hydrogens (tertiary/aromatic N) is 6. The van der Waals surface area contributed by atoms with Crippen LogP contribution in [0.15, 0.2) is 48.8 Å². The molecule has 0 amide bonds. The van der Waals surface area contributed by atoms with Crippen molar-refractivity contribution in [3.05, 3.63) is 65.9 Å². The monoisotopic (exact) mass is 412 g/mol. The SMILES string of the molecule is FC(F)(F)c1cc(C2CCCN(Cc3ccc4ccccc4n3)C2)nc2ncnn12. The zero-order valence-corrected chi connectivity index (χ0v) is 16.0. The molecule has 0 saturated carbocycles. The first kappa shape index (κ1) is 18.9. The minimum Gasteiger partial charge on any atom is -0.297 e. The number of hydrogen-bond acceptors (Lipinski definition) is 5. The number of benzene rings is 1. The largest absolute Gasteiger partial charge is 0.433 e. The highest BCUT2D eigenvalue weighted by Gasteiger charge is 2.36. The molecule has 0 N–H and O–H groups in total. The number of piperidine rings is 1. The molecule has 0 spiro atoms. The Hall–Kier alpha value is -3.07. The Labute approximate surface area is 170 Å². The van der Waals surface area contributed by atoms with Gasteiger partial charge in [0.15, 0.2) is 5.69 Å². The topological polar surface area (TPSA) is 59.2 Å². The minimum absolute atomic E-state index is 0.0202. The van der Waals surface area contributed by atoms with E-state index < -0.39 is 11.9 Å². The lowest BCUT2D eigenvalue weighted by Crippen LogP contribution is -2.34. The lowest BCUT2D eigenvalue weighted by Gasteiger charge is -2.32. The van der Waals surface area contributed by atoms with Crippen molar-refractivity contribution in [3.8, 4) is 0 Å². The molecule has 1 fully saturated rings. The van der Waals surface area contributed by atoms with Gasteiger partial charge in [-0.25, -0.2) is 4.98 Å². The van der Waals surface area contributed by atoms with Crippen molar-refractivity contribution in [2.75, 3.05) is 13.1 Å². The number of hydrogen-bond donors (Lipinski definition) is 0. The van der Waals surface area contributed by atoms with E-state index in [-0.39, 0.29) is 11.7 Å². The van der Waals surface area contributed by atoms with Gasteiger partial charge in [0.25, 0.3) is 5.78 Å². The van der Waals surface area contributed by atoms with Crippen molar-refractivity contribution in [2.45, 2.75) is 31.5 Å². The van der Waals surface area contributed by atoms with E-state index in [9.17, 15) is 13.2 Å². The summed E-state index contributed by atoms with van der Waals surface area (Å²) >= 11 is 0. The van der Waals surface area contributed by atoms with Gasteiger partial charge in [0.2, 0.25) is 0 Å². The van der Waals surface area contributed by atoms with E-state index in [2.05, 4.69) is 26.0 Å². The second-order valence-electron chi connectivity index (χ2n) is 7.61. The molecule has 5 rings (SSSR count). The average molecular weight is 412 g/mol. The maximum absolute atomic E-state index is 13.5. The highest BCUT2D eigenvalue weighted by molar-refractivity contribution is 5.78. The van der Waals surface area contributed by atoms with Crippen LogP contribution in [0, 0.1) is 0 Å². The molecule has 4 aromatic rings. The number of likely N-dealkylation sites (tertiary alicyclic amines) is 1. The predicted octanol–water partition coefficient (Wildman–Crippen LogP) is 4.07. The first-order valence-electron chi connectivity index (χ1n) is 9.82.